The summed E-state index contributed by atoms with van der Waals surface area (Å²) < 4.78 is 5.85. The number of carbonyl (C=O) groups is 1. The Morgan fingerprint density at radius 1 is 1.17 bits per heavy atom. The molecule has 0 spiro atoms. The second-order valence-electron chi connectivity index (χ2n) is 6.99. The fourth-order valence-corrected chi connectivity index (χ4v) is 2.18. The molecule has 0 aliphatic heterocycles. The van der Waals surface area contributed by atoms with Gasteiger partial charge < -0.3 is 9.57 Å². The van der Waals surface area contributed by atoms with E-state index in [4.69, 9.17) is 21.3 Å². The Morgan fingerprint density at radius 2 is 1.83 bits per heavy atom. The van der Waals surface area contributed by atoms with Gasteiger partial charge in [-0.1, -0.05) is 24.2 Å². The van der Waals surface area contributed by atoms with Crippen LogP contribution in [0.3, 0.4) is 0 Å². The Balaban J connectivity index is 3.01. The average molecular weight is 420 g/mol. The first-order chi connectivity index (χ1) is 14.1. The van der Waals surface area contributed by atoms with E-state index in [9.17, 15) is 4.79 Å². The van der Waals surface area contributed by atoms with Crippen molar-refractivity contribution in [2.24, 2.45) is 27.0 Å². The molecular formula is C20H33N7O3. The zero-order valence-electron chi connectivity index (χ0n) is 18.8. The van der Waals surface area contributed by atoms with Crippen molar-refractivity contribution in [1.82, 2.24) is 5.01 Å². The number of ether oxygens (including phenoxy) is 1. The van der Waals surface area contributed by atoms with Crippen LogP contribution in [0, 0.1) is 6.92 Å². The fourth-order valence-electron chi connectivity index (χ4n) is 2.18. The van der Waals surface area contributed by atoms with Crippen molar-refractivity contribution in [2.75, 3.05) is 12.1 Å². The summed E-state index contributed by atoms with van der Waals surface area (Å²) in [4.78, 5) is 17.4. The van der Waals surface area contributed by atoms with Crippen LogP contribution in [0.4, 0.5) is 10.5 Å². The lowest BCUT2D eigenvalue weighted by Gasteiger charge is -2.24. The SMILES string of the molecule is CCC(=N/N=C(\C)C(C)=NOC(C)C)OCc1c(C)cccc1N(N)C(=O)N(C)N. The van der Waals surface area contributed by atoms with Crippen molar-refractivity contribution in [3.63, 3.8) is 0 Å². The number of aryl methyl sites for hydroxylation is 1. The van der Waals surface area contributed by atoms with Crippen LogP contribution in [0.5, 0.6) is 0 Å². The molecular weight excluding hydrogens is 386 g/mol. The Labute approximate surface area is 178 Å². The van der Waals surface area contributed by atoms with Crippen LogP contribution in [-0.2, 0) is 16.2 Å². The number of oxime groups is 1. The molecule has 0 radical (unpaired) electrons. The van der Waals surface area contributed by atoms with Crippen molar-refractivity contribution in [1.29, 1.82) is 0 Å². The standard InChI is InChI=1S/C20H33N7O3/c1-8-19(24-23-15(5)16(6)25-30-13(2)3)29-12-17-14(4)10-9-11-18(17)27(22)20(28)26(7)21/h9-11,13H,8,12,21-22H2,1-7H3/b23-15+,24-19?,25-16?. The highest BCUT2D eigenvalue weighted by atomic mass is 16.6. The van der Waals surface area contributed by atoms with Crippen molar-refractivity contribution >= 4 is 29.0 Å². The largest absolute Gasteiger partial charge is 0.475 e. The lowest BCUT2D eigenvalue weighted by atomic mass is 10.1. The minimum atomic E-state index is -0.551. The van der Waals surface area contributed by atoms with E-state index in [2.05, 4.69) is 15.4 Å². The molecule has 0 fully saturated rings. The van der Waals surface area contributed by atoms with Crippen LogP contribution in [0.25, 0.3) is 0 Å². The van der Waals surface area contributed by atoms with Gasteiger partial charge in [0.05, 0.1) is 17.1 Å². The Morgan fingerprint density at radius 3 is 2.40 bits per heavy atom. The van der Waals surface area contributed by atoms with Gasteiger partial charge in [0, 0.05) is 19.0 Å². The molecule has 0 aromatic heterocycles. The van der Waals surface area contributed by atoms with E-state index in [1.165, 1.54) is 7.05 Å². The van der Waals surface area contributed by atoms with Gasteiger partial charge in [-0.25, -0.2) is 21.5 Å². The Bertz CT molecular complexity index is 817. The van der Waals surface area contributed by atoms with Crippen LogP contribution in [0.2, 0.25) is 0 Å². The molecule has 30 heavy (non-hydrogen) atoms. The number of rotatable bonds is 8. The maximum absolute atomic E-state index is 12.1. The molecule has 10 nitrogen and oxygen atoms in total. The first-order valence-electron chi connectivity index (χ1n) is 9.68. The normalized spacial score (nSPS) is 12.8. The number of anilines is 1. The van der Waals surface area contributed by atoms with Gasteiger partial charge in [0.1, 0.15) is 12.7 Å². The molecule has 0 atom stereocenters. The zero-order chi connectivity index (χ0) is 22.8. The fraction of sp³-hybridized carbons (Fsp3) is 0.500. The monoisotopic (exact) mass is 419 g/mol. The maximum atomic E-state index is 12.1. The minimum Gasteiger partial charge on any atom is -0.475 e. The molecule has 4 N–H and O–H groups in total. The highest BCUT2D eigenvalue weighted by molar-refractivity contribution is 6.40. The summed E-state index contributed by atoms with van der Waals surface area (Å²) in [7, 11) is 1.42. The van der Waals surface area contributed by atoms with Gasteiger partial charge in [0.25, 0.3) is 0 Å². The van der Waals surface area contributed by atoms with Crippen LogP contribution in [0.1, 0.15) is 52.2 Å². The van der Waals surface area contributed by atoms with Crippen LogP contribution in [-0.4, -0.2) is 41.5 Å². The highest BCUT2D eigenvalue weighted by Crippen LogP contribution is 2.23. The van der Waals surface area contributed by atoms with Gasteiger partial charge in [0.2, 0.25) is 5.90 Å². The van der Waals surface area contributed by atoms with Crippen molar-refractivity contribution in [2.45, 2.75) is 60.7 Å². The summed E-state index contributed by atoms with van der Waals surface area (Å²) in [5, 5.41) is 14.3. The van der Waals surface area contributed by atoms with Gasteiger partial charge in [-0.05, 0) is 46.2 Å². The number of carbonyl (C=O) groups excluding carboxylic acids is 1. The lowest BCUT2D eigenvalue weighted by Crippen LogP contribution is -2.49. The maximum Gasteiger partial charge on any atom is 0.352 e. The molecule has 0 aliphatic carbocycles. The summed E-state index contributed by atoms with van der Waals surface area (Å²) in [6.45, 7) is 11.4. The van der Waals surface area contributed by atoms with Crippen LogP contribution in [0.15, 0.2) is 33.6 Å². The summed E-state index contributed by atoms with van der Waals surface area (Å²) in [6, 6.07) is 4.89. The highest BCUT2D eigenvalue weighted by Gasteiger charge is 2.19. The molecule has 0 bridgehead atoms. The molecule has 0 aliphatic rings. The van der Waals surface area contributed by atoms with E-state index in [0.717, 1.165) is 21.1 Å². The average Bonchev–Trinajstić information content (AvgIpc) is 2.71. The van der Waals surface area contributed by atoms with Crippen LogP contribution >= 0.6 is 0 Å². The predicted molar refractivity (Wildman–Crippen MR) is 120 cm³/mol. The topological polar surface area (TPSA) is 131 Å². The van der Waals surface area contributed by atoms with Crippen molar-refractivity contribution < 1.29 is 14.4 Å². The number of amides is 2. The molecule has 0 saturated heterocycles. The van der Waals surface area contributed by atoms with Gasteiger partial charge in [-0.15, -0.1) is 5.10 Å². The summed E-state index contributed by atoms with van der Waals surface area (Å²) in [6.07, 6.45) is 0.523. The molecule has 10 heteroatoms. The third-order valence-corrected chi connectivity index (χ3v) is 4.07. The van der Waals surface area contributed by atoms with E-state index >= 15 is 0 Å². The molecule has 166 valence electrons. The lowest BCUT2D eigenvalue weighted by molar-refractivity contribution is 0.0863. The first kappa shape index (κ1) is 25.1. The Kier molecular flexibility index (Phi) is 9.93. The molecule has 0 unspecified atom stereocenters. The number of hydrazine groups is 2. The third-order valence-electron chi connectivity index (χ3n) is 4.07. The van der Waals surface area contributed by atoms with E-state index < -0.39 is 6.03 Å². The zero-order valence-corrected chi connectivity index (χ0v) is 18.8. The first-order valence-corrected chi connectivity index (χ1v) is 9.68. The number of nitrogens with zero attached hydrogens (tertiary/aromatic N) is 5. The molecule has 0 heterocycles. The van der Waals surface area contributed by atoms with E-state index in [0.29, 0.717) is 29.4 Å². The Hall–Kier alpha value is -2.98. The van der Waals surface area contributed by atoms with Gasteiger partial charge in [-0.2, -0.15) is 5.10 Å². The third kappa shape index (κ3) is 7.45. The van der Waals surface area contributed by atoms with Gasteiger partial charge in [-0.3, -0.25) is 5.01 Å². The summed E-state index contributed by atoms with van der Waals surface area (Å²) >= 11 is 0. The molecule has 1 rings (SSSR count). The van der Waals surface area contributed by atoms with E-state index in [-0.39, 0.29) is 12.7 Å². The number of nitrogens with two attached hydrogens (primary N) is 2. The second-order valence-corrected chi connectivity index (χ2v) is 6.99. The van der Waals surface area contributed by atoms with Crippen LogP contribution < -0.4 is 16.7 Å². The molecule has 1 aromatic carbocycles. The summed E-state index contributed by atoms with van der Waals surface area (Å²) in [5.74, 6) is 11.9. The van der Waals surface area contributed by atoms with Gasteiger partial charge in [0.15, 0.2) is 0 Å². The minimum absolute atomic E-state index is 0.0119. The predicted octanol–water partition coefficient (Wildman–Crippen LogP) is 3.10. The molecule has 2 amide bonds. The van der Waals surface area contributed by atoms with Crippen molar-refractivity contribution in [3.8, 4) is 0 Å². The summed E-state index contributed by atoms with van der Waals surface area (Å²) in [5.41, 5.74) is 3.42. The quantitative estimate of drug-likeness (QED) is 0.220. The van der Waals surface area contributed by atoms with E-state index in [1.807, 2.05) is 39.8 Å². The number of hydrogen-bond donors (Lipinski definition) is 2. The number of urea groups is 1. The number of hydrogen-bond acceptors (Lipinski definition) is 8. The smallest absolute Gasteiger partial charge is 0.352 e. The van der Waals surface area contributed by atoms with Crippen molar-refractivity contribution in [3.05, 3.63) is 29.3 Å². The van der Waals surface area contributed by atoms with Gasteiger partial charge >= 0.3 is 6.03 Å². The molecule has 0 saturated carbocycles. The number of benzene rings is 1. The van der Waals surface area contributed by atoms with E-state index in [1.54, 1.807) is 19.9 Å². The second kappa shape index (κ2) is 11.9. The molecule has 1 aromatic rings.